The second-order valence-electron chi connectivity index (χ2n) is 8.30. The van der Waals surface area contributed by atoms with Crippen molar-refractivity contribution in [1.29, 1.82) is 0 Å². The van der Waals surface area contributed by atoms with E-state index in [2.05, 4.69) is 25.6 Å². The van der Waals surface area contributed by atoms with Gasteiger partial charge in [0.15, 0.2) is 10.9 Å². The quantitative estimate of drug-likeness (QED) is 0.119. The number of aliphatic hydroxyl groups is 3. The van der Waals surface area contributed by atoms with Gasteiger partial charge in [-0.1, -0.05) is 25.1 Å². The van der Waals surface area contributed by atoms with Crippen molar-refractivity contribution < 1.29 is 34.8 Å². The molecule has 0 bridgehead atoms. The number of carbonyl (C=O) groups excluding carboxylic acids is 1. The lowest BCUT2D eigenvalue weighted by Crippen LogP contribution is -2.42. The Morgan fingerprint density at radius 2 is 1.94 bits per heavy atom. The maximum Gasteiger partial charge on any atom is 0.305 e. The number of aliphatic carboxylic acids is 1. The van der Waals surface area contributed by atoms with Gasteiger partial charge in [-0.15, -0.1) is 0 Å². The number of amides is 1. The molecule has 9 N–H and O–H groups in total. The molecule has 2 aromatic rings. The van der Waals surface area contributed by atoms with Gasteiger partial charge < -0.3 is 46.5 Å². The number of carboxylic acid groups (broad SMARTS) is 1. The second kappa shape index (κ2) is 12.3. The monoisotopic (exact) mass is 513 g/mol. The van der Waals surface area contributed by atoms with E-state index in [1.54, 1.807) is 0 Å². The predicted molar refractivity (Wildman–Crippen MR) is 126 cm³/mol. The van der Waals surface area contributed by atoms with Gasteiger partial charge in [-0.05, 0) is 12.8 Å². The number of H-pyrrole nitrogens is 1. The van der Waals surface area contributed by atoms with E-state index >= 15 is 0 Å². The van der Waals surface area contributed by atoms with Crippen LogP contribution in [-0.2, 0) is 14.3 Å². The minimum Gasteiger partial charge on any atom is -0.481 e. The number of rotatable bonds is 13. The molecule has 14 nitrogen and oxygen atoms in total. The summed E-state index contributed by atoms with van der Waals surface area (Å²) in [7, 11) is 0. The summed E-state index contributed by atoms with van der Waals surface area (Å²) in [5.41, 5.74) is 6.37. The highest BCUT2D eigenvalue weighted by Crippen LogP contribution is 2.31. The molecule has 1 fully saturated rings. The van der Waals surface area contributed by atoms with Gasteiger partial charge in [0.05, 0.1) is 25.4 Å². The summed E-state index contributed by atoms with van der Waals surface area (Å²) in [4.78, 5) is 33.8. The molecule has 0 saturated carbocycles. The first-order chi connectivity index (χ1) is 16.7. The summed E-state index contributed by atoms with van der Waals surface area (Å²) in [6, 6.07) is -1.05. The van der Waals surface area contributed by atoms with E-state index in [-0.39, 0.29) is 4.64 Å². The molecule has 0 aromatic carbocycles. The molecular formula is C20H31N7O7S. The minimum absolute atomic E-state index is 0.253. The average Bonchev–Trinajstić information content (AvgIpc) is 3.36. The van der Waals surface area contributed by atoms with E-state index in [4.69, 9.17) is 27.8 Å². The third-order valence-corrected chi connectivity index (χ3v) is 5.95. The van der Waals surface area contributed by atoms with E-state index in [1.807, 2.05) is 0 Å². The summed E-state index contributed by atoms with van der Waals surface area (Å²) in [5.74, 6) is -1.17. The molecule has 0 radical (unpaired) electrons. The molecule has 1 aliphatic rings. The second-order valence-corrected chi connectivity index (χ2v) is 8.69. The predicted octanol–water partition coefficient (Wildman–Crippen LogP) is -1.01. The van der Waals surface area contributed by atoms with Crippen LogP contribution in [-0.4, -0.2) is 95.9 Å². The van der Waals surface area contributed by atoms with Crippen LogP contribution in [0.5, 0.6) is 0 Å². The number of anilines is 1. The fourth-order valence-electron chi connectivity index (χ4n) is 3.76. The SMILES string of the molecule is NC(CC(=O)O)C(=O)NCCCCCCNc1nc(=S)c2ncn([C@@H]3O[C@H](CO)[C@@H](O)[C@H]3O)c2[nH]1. The van der Waals surface area contributed by atoms with Gasteiger partial charge in [0.1, 0.15) is 29.5 Å². The van der Waals surface area contributed by atoms with Crippen LogP contribution in [0.15, 0.2) is 6.33 Å². The van der Waals surface area contributed by atoms with Crippen molar-refractivity contribution in [2.75, 3.05) is 25.0 Å². The molecule has 0 spiro atoms. The maximum atomic E-state index is 11.7. The van der Waals surface area contributed by atoms with Crippen LogP contribution in [0.4, 0.5) is 5.95 Å². The van der Waals surface area contributed by atoms with Gasteiger partial charge in [0, 0.05) is 13.1 Å². The number of carboxylic acids is 1. The van der Waals surface area contributed by atoms with E-state index in [0.717, 1.165) is 25.7 Å². The number of hydrogen-bond donors (Lipinski definition) is 8. The molecule has 194 valence electrons. The molecule has 3 rings (SSSR count). The van der Waals surface area contributed by atoms with Gasteiger partial charge in [-0.2, -0.15) is 0 Å². The molecule has 1 unspecified atom stereocenters. The van der Waals surface area contributed by atoms with Gasteiger partial charge in [-0.3, -0.25) is 14.2 Å². The standard InChI is InChI=1S/C20H31N7O7S/c21-10(7-12(29)30)17(33)22-5-3-1-2-4-6-23-20-25-16-13(18(35)26-20)24-9-27(16)19-15(32)14(31)11(8-28)34-19/h9-11,14-15,19,28,31-32H,1-8,21H2,(H,22,33)(H,29,30)(H2,23,25,26,35)/t10?,11-,14-,15-,19-/m1/s1. The molecule has 3 heterocycles. The van der Waals surface area contributed by atoms with Crippen LogP contribution in [0.3, 0.4) is 0 Å². The van der Waals surface area contributed by atoms with Gasteiger partial charge in [-0.25, -0.2) is 9.97 Å². The zero-order chi connectivity index (χ0) is 25.5. The van der Waals surface area contributed by atoms with Crippen LogP contribution in [0.2, 0.25) is 0 Å². The highest BCUT2D eigenvalue weighted by Gasteiger charge is 2.43. The number of aromatic nitrogens is 4. The lowest BCUT2D eigenvalue weighted by atomic mass is 10.1. The number of nitrogens with one attached hydrogen (secondary N) is 3. The Bertz CT molecular complexity index is 1080. The molecular weight excluding hydrogens is 482 g/mol. The van der Waals surface area contributed by atoms with Crippen molar-refractivity contribution in [3.8, 4) is 0 Å². The number of hydrogen-bond acceptors (Lipinski definition) is 11. The Hall–Kier alpha value is -2.69. The summed E-state index contributed by atoms with van der Waals surface area (Å²) in [6.07, 6.45) is -0.0334. The molecule has 15 heteroatoms. The van der Waals surface area contributed by atoms with Crippen molar-refractivity contribution >= 4 is 41.2 Å². The molecule has 5 atom stereocenters. The lowest BCUT2D eigenvalue weighted by molar-refractivity contribution is -0.139. The number of aromatic amines is 1. The Labute approximate surface area is 205 Å². The fraction of sp³-hybridized carbons (Fsp3) is 0.650. The Morgan fingerprint density at radius 1 is 1.23 bits per heavy atom. The van der Waals surface area contributed by atoms with Crippen molar-refractivity contribution in [2.45, 2.75) is 62.7 Å². The zero-order valence-corrected chi connectivity index (χ0v) is 19.8. The van der Waals surface area contributed by atoms with Crippen LogP contribution in [0, 0.1) is 4.64 Å². The summed E-state index contributed by atoms with van der Waals surface area (Å²) < 4.78 is 7.34. The van der Waals surface area contributed by atoms with Crippen LogP contribution < -0.4 is 16.4 Å². The topological polar surface area (TPSA) is 221 Å². The first-order valence-corrected chi connectivity index (χ1v) is 11.7. The van der Waals surface area contributed by atoms with Crippen molar-refractivity contribution in [3.63, 3.8) is 0 Å². The fourth-order valence-corrected chi connectivity index (χ4v) is 4.00. The molecule has 2 aromatic heterocycles. The average molecular weight is 514 g/mol. The molecule has 0 aliphatic carbocycles. The largest absolute Gasteiger partial charge is 0.481 e. The minimum atomic E-state index is -1.26. The van der Waals surface area contributed by atoms with Crippen LogP contribution >= 0.6 is 12.2 Å². The summed E-state index contributed by atoms with van der Waals surface area (Å²) in [5, 5.41) is 44.1. The third kappa shape index (κ3) is 6.71. The number of aliphatic hydroxyl groups excluding tert-OH is 3. The van der Waals surface area contributed by atoms with Crippen molar-refractivity contribution in [3.05, 3.63) is 11.0 Å². The molecule has 35 heavy (non-hydrogen) atoms. The molecule has 1 aliphatic heterocycles. The highest BCUT2D eigenvalue weighted by molar-refractivity contribution is 7.71. The Balaban J connectivity index is 1.46. The third-order valence-electron chi connectivity index (χ3n) is 5.66. The van der Waals surface area contributed by atoms with Crippen molar-refractivity contribution in [2.24, 2.45) is 5.73 Å². The van der Waals surface area contributed by atoms with Gasteiger partial charge >= 0.3 is 5.97 Å². The number of nitrogens with zero attached hydrogens (tertiary/aromatic N) is 3. The number of nitrogens with two attached hydrogens (primary N) is 1. The van der Waals surface area contributed by atoms with E-state index in [1.165, 1.54) is 10.9 Å². The molecule has 1 saturated heterocycles. The van der Waals surface area contributed by atoms with E-state index in [9.17, 15) is 24.9 Å². The highest BCUT2D eigenvalue weighted by atomic mass is 32.1. The van der Waals surface area contributed by atoms with Crippen LogP contribution in [0.25, 0.3) is 11.2 Å². The smallest absolute Gasteiger partial charge is 0.305 e. The Kier molecular flexibility index (Phi) is 9.47. The zero-order valence-electron chi connectivity index (χ0n) is 19.0. The lowest BCUT2D eigenvalue weighted by Gasteiger charge is -2.17. The Morgan fingerprint density at radius 3 is 2.60 bits per heavy atom. The first kappa shape index (κ1) is 26.9. The number of imidazole rings is 1. The maximum absolute atomic E-state index is 11.7. The first-order valence-electron chi connectivity index (χ1n) is 11.3. The number of ether oxygens (including phenoxy) is 1. The van der Waals surface area contributed by atoms with E-state index in [0.29, 0.717) is 30.2 Å². The number of fused-ring (bicyclic) bond motifs is 1. The summed E-state index contributed by atoms with van der Waals surface area (Å²) >= 11 is 5.32. The number of unbranched alkanes of at least 4 members (excludes halogenated alkanes) is 3. The van der Waals surface area contributed by atoms with E-state index < -0.39 is 55.5 Å². The number of carbonyl (C=O) groups is 2. The van der Waals surface area contributed by atoms with Gasteiger partial charge in [0.25, 0.3) is 0 Å². The molecule has 1 amide bonds. The normalized spacial score (nSPS) is 22.9. The van der Waals surface area contributed by atoms with Crippen molar-refractivity contribution in [1.82, 2.24) is 24.8 Å². The van der Waals surface area contributed by atoms with Crippen LogP contribution in [0.1, 0.15) is 38.3 Å². The summed E-state index contributed by atoms with van der Waals surface area (Å²) in [6.45, 7) is 0.591. The van der Waals surface area contributed by atoms with Gasteiger partial charge in [0.2, 0.25) is 11.9 Å².